The molecule has 0 bridgehead atoms. The van der Waals surface area contributed by atoms with E-state index in [1.54, 1.807) is 19.1 Å². The number of benzene rings is 2. The fraction of sp³-hybridized carbons (Fsp3) is 0.188. The number of sulfonamides is 1. The van der Waals surface area contributed by atoms with Crippen molar-refractivity contribution in [3.8, 4) is 5.75 Å². The Labute approximate surface area is 161 Å². The Morgan fingerprint density at radius 3 is 2.41 bits per heavy atom. The zero-order valence-electron chi connectivity index (χ0n) is 14.6. The van der Waals surface area contributed by atoms with E-state index in [1.807, 2.05) is 0 Å². The second-order valence-electron chi connectivity index (χ2n) is 5.25. The van der Waals surface area contributed by atoms with Crippen LogP contribution < -0.4 is 20.1 Å². The first-order valence-corrected chi connectivity index (χ1v) is 9.66. The molecule has 0 saturated carbocycles. The molecule has 27 heavy (non-hydrogen) atoms. The molecule has 0 amide bonds. The first-order valence-electron chi connectivity index (χ1n) is 7.77. The van der Waals surface area contributed by atoms with Gasteiger partial charge in [0.1, 0.15) is 5.75 Å². The minimum Gasteiger partial charge on any atom is -0.494 e. The summed E-state index contributed by atoms with van der Waals surface area (Å²) < 4.78 is 31.4. The number of methoxy groups -OCH3 is 1. The Morgan fingerprint density at radius 2 is 1.85 bits per heavy atom. The van der Waals surface area contributed by atoms with Crippen LogP contribution in [-0.2, 0) is 10.0 Å². The average molecular weight is 410 g/mol. The maximum atomic E-state index is 11.9. The number of nitrogens with one attached hydrogen (secondary N) is 3. The van der Waals surface area contributed by atoms with E-state index in [0.29, 0.717) is 17.9 Å². The maximum absolute atomic E-state index is 11.9. The standard InChI is InChI=1S/C16H18N4O5S2/c1-3-17-27(23,24)13-7-4-11(5-8-13)18-16(26)19-14-9-6-12(20(21)22)10-15(14)25-2/h4-10,17H,3H2,1-2H3,(H2,18,19,26). The highest BCUT2D eigenvalue weighted by atomic mass is 32.2. The van der Waals surface area contributed by atoms with Crippen molar-refractivity contribution in [2.75, 3.05) is 24.3 Å². The summed E-state index contributed by atoms with van der Waals surface area (Å²) in [5, 5.41) is 16.8. The summed E-state index contributed by atoms with van der Waals surface area (Å²) in [7, 11) is -2.13. The van der Waals surface area contributed by atoms with E-state index in [2.05, 4.69) is 15.4 Å². The van der Waals surface area contributed by atoms with Crippen molar-refractivity contribution in [1.82, 2.24) is 4.72 Å². The van der Waals surface area contributed by atoms with Crippen molar-refractivity contribution in [2.45, 2.75) is 11.8 Å². The van der Waals surface area contributed by atoms with Crippen LogP contribution in [0.1, 0.15) is 6.92 Å². The predicted octanol–water partition coefficient (Wildman–Crippen LogP) is 2.71. The van der Waals surface area contributed by atoms with Gasteiger partial charge in [-0.1, -0.05) is 6.92 Å². The molecule has 0 radical (unpaired) electrons. The highest BCUT2D eigenvalue weighted by molar-refractivity contribution is 7.89. The van der Waals surface area contributed by atoms with E-state index in [9.17, 15) is 18.5 Å². The van der Waals surface area contributed by atoms with E-state index < -0.39 is 14.9 Å². The Balaban J connectivity index is 2.09. The topological polar surface area (TPSA) is 123 Å². The zero-order valence-corrected chi connectivity index (χ0v) is 16.2. The number of thiocarbonyl (C=S) groups is 1. The molecule has 0 saturated heterocycles. The number of hydrogen-bond acceptors (Lipinski definition) is 6. The van der Waals surface area contributed by atoms with Gasteiger partial charge in [0.05, 0.1) is 28.7 Å². The largest absolute Gasteiger partial charge is 0.494 e. The number of anilines is 2. The predicted molar refractivity (Wildman–Crippen MR) is 107 cm³/mol. The molecule has 2 aromatic rings. The lowest BCUT2D eigenvalue weighted by Gasteiger charge is -2.13. The number of nitrogens with zero attached hydrogens (tertiary/aromatic N) is 1. The normalized spacial score (nSPS) is 10.9. The molecule has 0 aliphatic heterocycles. The average Bonchev–Trinajstić information content (AvgIpc) is 2.62. The van der Waals surface area contributed by atoms with E-state index in [1.165, 1.54) is 37.4 Å². The molecule has 3 N–H and O–H groups in total. The second kappa shape index (κ2) is 8.75. The first kappa shape index (κ1) is 20.6. The maximum Gasteiger partial charge on any atom is 0.273 e. The number of hydrogen-bond donors (Lipinski definition) is 3. The van der Waals surface area contributed by atoms with Crippen LogP contribution in [-0.4, -0.2) is 32.1 Å². The third-order valence-corrected chi connectivity index (χ3v) is 5.17. The molecule has 2 rings (SSSR count). The van der Waals surface area contributed by atoms with Gasteiger partial charge in [0.15, 0.2) is 5.11 Å². The Hall–Kier alpha value is -2.76. The highest BCUT2D eigenvalue weighted by Gasteiger charge is 2.14. The Bertz CT molecular complexity index is 946. The van der Waals surface area contributed by atoms with E-state index >= 15 is 0 Å². The van der Waals surface area contributed by atoms with E-state index in [0.717, 1.165) is 0 Å². The van der Waals surface area contributed by atoms with E-state index in [-0.39, 0.29) is 21.4 Å². The molecule has 0 aliphatic rings. The third-order valence-electron chi connectivity index (χ3n) is 3.40. The smallest absolute Gasteiger partial charge is 0.273 e. The molecule has 11 heteroatoms. The molecule has 0 aromatic heterocycles. The fourth-order valence-corrected chi connectivity index (χ4v) is 3.44. The minimum atomic E-state index is -3.52. The van der Waals surface area contributed by atoms with E-state index in [4.69, 9.17) is 17.0 Å². The number of ether oxygens (including phenoxy) is 1. The molecule has 144 valence electrons. The molecule has 0 aliphatic carbocycles. The van der Waals surface area contributed by atoms with Crippen LogP contribution in [0.4, 0.5) is 17.1 Å². The van der Waals surface area contributed by atoms with Crippen LogP contribution in [0.2, 0.25) is 0 Å². The molecule has 2 aromatic carbocycles. The summed E-state index contributed by atoms with van der Waals surface area (Å²) in [6.45, 7) is 2.00. The lowest BCUT2D eigenvalue weighted by atomic mass is 10.2. The zero-order chi connectivity index (χ0) is 20.0. The van der Waals surface area contributed by atoms with Crippen molar-refractivity contribution in [3.05, 3.63) is 52.6 Å². The third kappa shape index (κ3) is 5.36. The fourth-order valence-electron chi connectivity index (χ4n) is 2.17. The number of rotatable bonds is 7. The molecular formula is C16H18N4O5S2. The van der Waals surface area contributed by atoms with Crippen LogP contribution >= 0.6 is 12.2 Å². The van der Waals surface area contributed by atoms with Gasteiger partial charge in [0.25, 0.3) is 5.69 Å². The molecule has 0 atom stereocenters. The quantitative estimate of drug-likeness (QED) is 0.362. The summed E-state index contributed by atoms with van der Waals surface area (Å²) in [5.41, 5.74) is 0.921. The second-order valence-corrected chi connectivity index (χ2v) is 7.42. The summed E-state index contributed by atoms with van der Waals surface area (Å²) in [5.74, 6) is 0.264. The van der Waals surface area contributed by atoms with Gasteiger partial charge in [-0.05, 0) is 42.5 Å². The SMILES string of the molecule is CCNS(=O)(=O)c1ccc(NC(=S)Nc2ccc([N+](=O)[O-])cc2OC)cc1. The lowest BCUT2D eigenvalue weighted by Crippen LogP contribution is -2.23. The van der Waals surface area contributed by atoms with Gasteiger partial charge in [-0.3, -0.25) is 10.1 Å². The van der Waals surface area contributed by atoms with Crippen molar-refractivity contribution in [1.29, 1.82) is 0 Å². The van der Waals surface area contributed by atoms with Crippen LogP contribution in [0.3, 0.4) is 0 Å². The Morgan fingerprint density at radius 1 is 1.19 bits per heavy atom. The molecule has 0 heterocycles. The number of nitro groups is 1. The molecule has 9 nitrogen and oxygen atoms in total. The minimum absolute atomic E-state index is 0.103. The molecular weight excluding hydrogens is 392 g/mol. The number of non-ortho nitro benzene ring substituents is 1. The van der Waals surface area contributed by atoms with Gasteiger partial charge < -0.3 is 15.4 Å². The first-order chi connectivity index (χ1) is 12.8. The van der Waals surface area contributed by atoms with Crippen molar-refractivity contribution < 1.29 is 18.1 Å². The number of nitro benzene ring substituents is 1. The van der Waals surface area contributed by atoms with Crippen LogP contribution in [0.5, 0.6) is 5.75 Å². The molecule has 0 spiro atoms. The van der Waals surface area contributed by atoms with Gasteiger partial charge in [0, 0.05) is 18.3 Å². The van der Waals surface area contributed by atoms with Gasteiger partial charge in [-0.15, -0.1) is 0 Å². The van der Waals surface area contributed by atoms with Crippen LogP contribution in [0.15, 0.2) is 47.4 Å². The summed E-state index contributed by atoms with van der Waals surface area (Å²) in [6, 6.07) is 10.2. The summed E-state index contributed by atoms with van der Waals surface area (Å²) in [6.07, 6.45) is 0. The summed E-state index contributed by atoms with van der Waals surface area (Å²) >= 11 is 5.22. The molecule has 0 fully saturated rings. The summed E-state index contributed by atoms with van der Waals surface area (Å²) in [4.78, 5) is 10.4. The van der Waals surface area contributed by atoms with Crippen LogP contribution in [0.25, 0.3) is 0 Å². The van der Waals surface area contributed by atoms with Gasteiger partial charge in [-0.25, -0.2) is 13.1 Å². The van der Waals surface area contributed by atoms with Gasteiger partial charge >= 0.3 is 0 Å². The monoisotopic (exact) mass is 410 g/mol. The molecule has 0 unspecified atom stereocenters. The van der Waals surface area contributed by atoms with Crippen molar-refractivity contribution in [2.24, 2.45) is 0 Å². The van der Waals surface area contributed by atoms with Crippen LogP contribution in [0, 0.1) is 10.1 Å². The van der Waals surface area contributed by atoms with Gasteiger partial charge in [0.2, 0.25) is 10.0 Å². The van der Waals surface area contributed by atoms with Crippen molar-refractivity contribution >= 4 is 44.4 Å². The lowest BCUT2D eigenvalue weighted by molar-refractivity contribution is -0.384. The Kier molecular flexibility index (Phi) is 6.66. The van der Waals surface area contributed by atoms with Gasteiger partial charge in [-0.2, -0.15) is 0 Å². The highest BCUT2D eigenvalue weighted by Crippen LogP contribution is 2.29. The van der Waals surface area contributed by atoms with Crippen molar-refractivity contribution in [3.63, 3.8) is 0 Å².